The largest absolute Gasteiger partial charge is 0.373 e. The average Bonchev–Trinajstić information content (AvgIpc) is 2.75. The van der Waals surface area contributed by atoms with Crippen molar-refractivity contribution >= 4 is 35.6 Å². The molecule has 2 aromatic rings. The summed E-state index contributed by atoms with van der Waals surface area (Å²) in [4.78, 5) is 15.1. The molecule has 1 heterocycles. The zero-order chi connectivity index (χ0) is 20.6. The first-order chi connectivity index (χ1) is 14.1. The number of aryl methyl sites for hydroxylation is 1. The topological polar surface area (TPSA) is 88.8 Å². The lowest BCUT2D eigenvalue weighted by Crippen LogP contribution is -2.41. The minimum Gasteiger partial charge on any atom is -0.373 e. The number of rotatable bonds is 6. The molecular weight excluding hydrogens is 495 g/mol. The highest BCUT2D eigenvalue weighted by Gasteiger charge is 2.27. The summed E-state index contributed by atoms with van der Waals surface area (Å²) >= 11 is 0. The molecule has 162 valence electrons. The van der Waals surface area contributed by atoms with Crippen LogP contribution in [0.25, 0.3) is 0 Å². The van der Waals surface area contributed by atoms with Crippen molar-refractivity contribution < 1.29 is 9.66 Å². The van der Waals surface area contributed by atoms with Crippen LogP contribution in [0, 0.1) is 23.0 Å². The van der Waals surface area contributed by atoms with Crippen molar-refractivity contribution in [2.75, 3.05) is 20.2 Å². The van der Waals surface area contributed by atoms with E-state index in [1.165, 1.54) is 17.2 Å². The summed E-state index contributed by atoms with van der Waals surface area (Å²) in [7, 11) is 1.70. The molecule has 8 heteroatoms. The summed E-state index contributed by atoms with van der Waals surface area (Å²) in [6.07, 6.45) is 2.18. The molecule has 0 aromatic heterocycles. The molecule has 2 atom stereocenters. The van der Waals surface area contributed by atoms with E-state index < -0.39 is 0 Å². The van der Waals surface area contributed by atoms with E-state index in [2.05, 4.69) is 46.8 Å². The number of guanidine groups is 1. The normalized spacial score (nSPS) is 18.9. The van der Waals surface area contributed by atoms with Crippen LogP contribution in [0.15, 0.2) is 53.5 Å². The van der Waals surface area contributed by atoms with Crippen molar-refractivity contribution in [2.24, 2.45) is 10.9 Å². The summed E-state index contributed by atoms with van der Waals surface area (Å²) in [6.45, 7) is 3.91. The SMILES string of the molecule is CN=C(NCc1ccccc1[N+](=O)[O-])NCC1CCCOC1c1ccc(C)cc1.I. The van der Waals surface area contributed by atoms with Crippen LogP contribution in [0.2, 0.25) is 0 Å². The molecule has 1 aliphatic heterocycles. The molecule has 1 saturated heterocycles. The van der Waals surface area contributed by atoms with E-state index >= 15 is 0 Å². The minimum atomic E-state index is -0.362. The van der Waals surface area contributed by atoms with Gasteiger partial charge in [0.05, 0.1) is 11.0 Å². The Kier molecular flexibility index (Phi) is 9.51. The predicted molar refractivity (Wildman–Crippen MR) is 129 cm³/mol. The van der Waals surface area contributed by atoms with Crippen LogP contribution in [0.1, 0.15) is 35.6 Å². The maximum Gasteiger partial charge on any atom is 0.274 e. The first-order valence-electron chi connectivity index (χ1n) is 9.93. The molecule has 1 fully saturated rings. The Balaban J connectivity index is 0.00000320. The molecule has 0 aliphatic carbocycles. The zero-order valence-corrected chi connectivity index (χ0v) is 19.7. The fourth-order valence-corrected chi connectivity index (χ4v) is 3.64. The van der Waals surface area contributed by atoms with Crippen molar-refractivity contribution in [3.8, 4) is 0 Å². The number of halogens is 1. The predicted octanol–water partition coefficient (Wildman–Crippen LogP) is 4.35. The van der Waals surface area contributed by atoms with E-state index in [-0.39, 0.29) is 40.7 Å². The van der Waals surface area contributed by atoms with E-state index in [4.69, 9.17) is 4.74 Å². The van der Waals surface area contributed by atoms with Gasteiger partial charge in [-0.05, 0) is 25.3 Å². The van der Waals surface area contributed by atoms with Gasteiger partial charge in [-0.2, -0.15) is 0 Å². The number of ether oxygens (including phenoxy) is 1. The third kappa shape index (κ3) is 6.40. The van der Waals surface area contributed by atoms with Crippen molar-refractivity contribution in [3.63, 3.8) is 0 Å². The van der Waals surface area contributed by atoms with Crippen LogP contribution in [0.4, 0.5) is 5.69 Å². The molecule has 0 bridgehead atoms. The first-order valence-corrected chi connectivity index (χ1v) is 9.93. The quantitative estimate of drug-likeness (QED) is 0.193. The lowest BCUT2D eigenvalue weighted by atomic mass is 9.89. The van der Waals surface area contributed by atoms with Gasteiger partial charge in [-0.3, -0.25) is 15.1 Å². The summed E-state index contributed by atoms with van der Waals surface area (Å²) in [6, 6.07) is 15.2. The smallest absolute Gasteiger partial charge is 0.274 e. The number of hydrogen-bond donors (Lipinski definition) is 2. The molecule has 0 spiro atoms. The highest BCUT2D eigenvalue weighted by atomic mass is 127. The molecule has 0 radical (unpaired) electrons. The number of nitrogens with zero attached hydrogens (tertiary/aromatic N) is 2. The van der Waals surface area contributed by atoms with E-state index in [0.717, 1.165) is 26.0 Å². The molecule has 3 rings (SSSR count). The fraction of sp³-hybridized carbons (Fsp3) is 0.409. The summed E-state index contributed by atoms with van der Waals surface area (Å²) in [5, 5.41) is 17.7. The average molecular weight is 524 g/mol. The van der Waals surface area contributed by atoms with Crippen molar-refractivity contribution in [1.82, 2.24) is 10.6 Å². The van der Waals surface area contributed by atoms with Gasteiger partial charge in [-0.25, -0.2) is 0 Å². The van der Waals surface area contributed by atoms with E-state index in [1.807, 2.05) is 0 Å². The third-order valence-corrected chi connectivity index (χ3v) is 5.24. The monoisotopic (exact) mass is 524 g/mol. The van der Waals surface area contributed by atoms with Crippen LogP contribution in [-0.4, -0.2) is 31.1 Å². The molecule has 2 aromatic carbocycles. The number of benzene rings is 2. The van der Waals surface area contributed by atoms with Crippen LogP contribution in [0.5, 0.6) is 0 Å². The third-order valence-electron chi connectivity index (χ3n) is 5.24. The molecule has 0 amide bonds. The van der Waals surface area contributed by atoms with Crippen molar-refractivity contribution in [1.29, 1.82) is 0 Å². The molecule has 2 N–H and O–H groups in total. The maximum atomic E-state index is 11.2. The lowest BCUT2D eigenvalue weighted by Gasteiger charge is -2.32. The van der Waals surface area contributed by atoms with Gasteiger partial charge in [0, 0.05) is 44.3 Å². The van der Waals surface area contributed by atoms with Gasteiger partial charge in [0.15, 0.2) is 5.96 Å². The molecule has 30 heavy (non-hydrogen) atoms. The van der Waals surface area contributed by atoms with Gasteiger partial charge in [-0.1, -0.05) is 48.0 Å². The molecule has 2 unspecified atom stereocenters. The van der Waals surface area contributed by atoms with Crippen molar-refractivity contribution in [3.05, 3.63) is 75.3 Å². The standard InChI is InChI=1S/C22H28N4O3.HI/c1-16-9-11-17(12-10-16)21-19(7-5-13-29-21)15-25-22(23-2)24-14-18-6-3-4-8-20(18)26(27)28;/h3-4,6,8-12,19,21H,5,7,13-15H2,1-2H3,(H2,23,24,25);1H. The molecular formula is C22H29IN4O3. The summed E-state index contributed by atoms with van der Waals surface area (Å²) in [5.74, 6) is 0.951. The van der Waals surface area contributed by atoms with Crippen LogP contribution < -0.4 is 10.6 Å². The number of hydrogen-bond acceptors (Lipinski definition) is 4. The Hall–Kier alpha value is -2.20. The van der Waals surface area contributed by atoms with Crippen molar-refractivity contribution in [2.45, 2.75) is 32.4 Å². The Morgan fingerprint density at radius 1 is 1.20 bits per heavy atom. The first kappa shape index (κ1) is 24.1. The van der Waals surface area contributed by atoms with Crippen LogP contribution in [-0.2, 0) is 11.3 Å². The van der Waals surface area contributed by atoms with Gasteiger partial charge in [0.2, 0.25) is 0 Å². The lowest BCUT2D eigenvalue weighted by molar-refractivity contribution is -0.385. The summed E-state index contributed by atoms with van der Waals surface area (Å²) < 4.78 is 6.08. The zero-order valence-electron chi connectivity index (χ0n) is 17.3. The van der Waals surface area contributed by atoms with Gasteiger partial charge < -0.3 is 15.4 Å². The van der Waals surface area contributed by atoms with E-state index in [0.29, 0.717) is 24.0 Å². The number of nitrogens with one attached hydrogen (secondary N) is 2. The summed E-state index contributed by atoms with van der Waals surface area (Å²) in [5.41, 5.74) is 3.17. The second-order valence-corrected chi connectivity index (χ2v) is 7.30. The Bertz CT molecular complexity index is 858. The Morgan fingerprint density at radius 3 is 2.63 bits per heavy atom. The Labute approximate surface area is 194 Å². The van der Waals surface area contributed by atoms with E-state index in [1.54, 1.807) is 25.2 Å². The fourth-order valence-electron chi connectivity index (χ4n) is 3.64. The number of aliphatic imine (C=N–C) groups is 1. The van der Waals surface area contributed by atoms with Gasteiger partial charge in [0.1, 0.15) is 0 Å². The van der Waals surface area contributed by atoms with Gasteiger partial charge in [-0.15, -0.1) is 24.0 Å². The Morgan fingerprint density at radius 2 is 1.93 bits per heavy atom. The molecule has 0 saturated carbocycles. The molecule has 7 nitrogen and oxygen atoms in total. The highest BCUT2D eigenvalue weighted by Crippen LogP contribution is 2.33. The van der Waals surface area contributed by atoms with Crippen LogP contribution >= 0.6 is 24.0 Å². The molecule has 1 aliphatic rings. The minimum absolute atomic E-state index is 0. The highest BCUT2D eigenvalue weighted by molar-refractivity contribution is 14.0. The number of nitro groups is 1. The van der Waals surface area contributed by atoms with Crippen LogP contribution in [0.3, 0.4) is 0 Å². The van der Waals surface area contributed by atoms with Gasteiger partial charge in [0.25, 0.3) is 5.69 Å². The van der Waals surface area contributed by atoms with Gasteiger partial charge >= 0.3 is 0 Å². The number of nitro benzene ring substituents is 1. The maximum absolute atomic E-state index is 11.2. The second-order valence-electron chi connectivity index (χ2n) is 7.30. The second kappa shape index (κ2) is 11.8. The van der Waals surface area contributed by atoms with E-state index in [9.17, 15) is 10.1 Å². The number of para-hydroxylation sites is 1.